The molecule has 15 N–H and O–H groups in total. The Kier molecular flexibility index (Phi) is 33.6. The molecule has 0 saturated heterocycles. The summed E-state index contributed by atoms with van der Waals surface area (Å²) >= 11 is -2.61. The normalized spacial score (nSPS) is 9.21. The van der Waals surface area contributed by atoms with Crippen molar-refractivity contribution in [1.29, 1.82) is 0 Å². The van der Waals surface area contributed by atoms with Gasteiger partial charge in [-0.25, -0.2) is 0 Å². The summed E-state index contributed by atoms with van der Waals surface area (Å²) in [6, 6.07) is 0. The maximum Gasteiger partial charge on any atom is 0.425 e. The van der Waals surface area contributed by atoms with Crippen LogP contribution >= 0.6 is 0 Å². The molecule has 19 heavy (non-hydrogen) atoms. The quantitative estimate of drug-likeness (QED) is 0.122. The molecule has 0 aliphatic heterocycles. The second-order valence-corrected chi connectivity index (χ2v) is 3.67. The maximum atomic E-state index is 9.51. The van der Waals surface area contributed by atoms with Gasteiger partial charge in [0.2, 0.25) is 0 Å². The molecule has 0 aliphatic carbocycles. The van der Waals surface area contributed by atoms with Crippen LogP contribution in [0.2, 0.25) is 0 Å². The van der Waals surface area contributed by atoms with Gasteiger partial charge in [0.1, 0.15) is 0 Å². The Hall–Kier alpha value is -0.390. The van der Waals surface area contributed by atoms with Gasteiger partial charge in [-0.1, -0.05) is 8.67 Å². The fourth-order valence-electron chi connectivity index (χ4n) is 0.0702. The van der Waals surface area contributed by atoms with Crippen molar-refractivity contribution in [3.05, 3.63) is 0 Å². The van der Waals surface area contributed by atoms with Crippen LogP contribution in [-0.2, 0) is 40.8 Å². The highest BCUT2D eigenvalue weighted by Gasteiger charge is 2.13. The van der Waals surface area contributed by atoms with Crippen LogP contribution in [0.25, 0.3) is 0 Å². The third-order valence-corrected chi connectivity index (χ3v) is 0.766. The van der Waals surface area contributed by atoms with Crippen LogP contribution in [0.5, 0.6) is 0 Å². The zero-order valence-electron chi connectivity index (χ0n) is 8.89. The summed E-state index contributed by atoms with van der Waals surface area (Å²) in [6.07, 6.45) is 0. The van der Waals surface area contributed by atoms with E-state index in [1.165, 1.54) is 0 Å². The van der Waals surface area contributed by atoms with Gasteiger partial charge in [0.15, 0.2) is 0 Å². The fraction of sp³-hybridized carbons (Fsp3) is 0. The number of rotatable bonds is 3. The van der Waals surface area contributed by atoms with Crippen molar-refractivity contribution in [1.82, 2.24) is 18.5 Å². The zero-order valence-corrected chi connectivity index (χ0v) is 11.3. The van der Waals surface area contributed by atoms with Gasteiger partial charge in [0, 0.05) is 0 Å². The first-order valence-corrected chi connectivity index (χ1v) is 6.06. The van der Waals surface area contributed by atoms with Crippen LogP contribution in [0, 0.1) is 0 Å². The lowest BCUT2D eigenvalue weighted by molar-refractivity contribution is -0.176. The molecule has 0 aromatic carbocycles. The third kappa shape index (κ3) is 98.2. The van der Waals surface area contributed by atoms with Crippen molar-refractivity contribution >= 4 is 32.2 Å². The molecule has 0 atom stereocenters. The minimum atomic E-state index is -5.02. The van der Waals surface area contributed by atoms with E-state index in [2.05, 4.69) is 8.67 Å². The summed E-state index contributed by atoms with van der Waals surface area (Å²) in [5.74, 6) is 0. The van der Waals surface area contributed by atoms with Crippen molar-refractivity contribution in [2.24, 2.45) is 0 Å². The average molecular weight is 361 g/mol. The van der Waals surface area contributed by atoms with Crippen molar-refractivity contribution in [2.75, 3.05) is 0 Å². The van der Waals surface area contributed by atoms with E-state index in [0.717, 1.165) is 0 Å². The SMILES string of the molecule is N.N.N.O=S(=O)(O)OOS(=O)(=O)O.O=S(O)O.OO. The molecule has 0 aliphatic rings. The molecular formula is H15N3O13S3. The van der Waals surface area contributed by atoms with E-state index < -0.39 is 32.2 Å². The molecule has 16 nitrogen and oxygen atoms in total. The second-order valence-electron chi connectivity index (χ2n) is 1.22. The Balaban J connectivity index is -0.0000000409. The molecule has 0 fully saturated rings. The van der Waals surface area contributed by atoms with Gasteiger partial charge in [-0.15, -0.1) is 0 Å². The summed E-state index contributed by atoms with van der Waals surface area (Å²) in [6.45, 7) is 0. The minimum Gasteiger partial charge on any atom is -0.344 e. The van der Waals surface area contributed by atoms with Crippen molar-refractivity contribution in [2.45, 2.75) is 0 Å². The van der Waals surface area contributed by atoms with Gasteiger partial charge < -0.3 is 18.5 Å². The molecule has 0 aromatic heterocycles. The molecule has 0 saturated carbocycles. The van der Waals surface area contributed by atoms with E-state index in [4.69, 9.17) is 32.9 Å². The van der Waals surface area contributed by atoms with Crippen LogP contribution in [-0.4, -0.2) is 49.8 Å². The van der Waals surface area contributed by atoms with E-state index in [1.807, 2.05) is 0 Å². The lowest BCUT2D eigenvalue weighted by atomic mass is 14.0. The summed E-state index contributed by atoms with van der Waals surface area (Å²) in [4.78, 5) is 0. The zero-order chi connectivity index (χ0) is 14.0. The fourth-order valence-corrected chi connectivity index (χ4v) is 0.632. The molecule has 0 radical (unpaired) electrons. The van der Waals surface area contributed by atoms with Gasteiger partial charge in [-0.3, -0.25) is 28.7 Å². The lowest BCUT2D eigenvalue weighted by Crippen LogP contribution is -2.10. The Morgan fingerprint density at radius 3 is 0.895 bits per heavy atom. The summed E-state index contributed by atoms with van der Waals surface area (Å²) < 4.78 is 81.7. The lowest BCUT2D eigenvalue weighted by Gasteiger charge is -1.92. The van der Waals surface area contributed by atoms with Gasteiger partial charge in [-0.05, 0) is 0 Å². The van der Waals surface area contributed by atoms with Crippen molar-refractivity contribution in [3.63, 3.8) is 0 Å². The molecular weight excluding hydrogens is 346 g/mol. The molecule has 126 valence electrons. The van der Waals surface area contributed by atoms with Crippen LogP contribution < -0.4 is 18.5 Å². The van der Waals surface area contributed by atoms with Gasteiger partial charge in [0.05, 0.1) is 0 Å². The molecule has 19 heteroatoms. The smallest absolute Gasteiger partial charge is 0.344 e. The molecule has 0 aromatic rings. The summed E-state index contributed by atoms with van der Waals surface area (Å²) in [5.41, 5.74) is 0. The summed E-state index contributed by atoms with van der Waals surface area (Å²) in [5, 5.41) is 12.0. The van der Waals surface area contributed by atoms with E-state index >= 15 is 0 Å². The molecule has 0 amide bonds. The third-order valence-electron chi connectivity index (χ3n) is 0.200. The van der Waals surface area contributed by atoms with E-state index in [9.17, 15) is 16.8 Å². The second kappa shape index (κ2) is 17.6. The first-order valence-electron chi connectivity index (χ1n) is 2.26. The number of hydrogen-bond acceptors (Lipinski definition) is 12. The van der Waals surface area contributed by atoms with Gasteiger partial charge >= 0.3 is 20.8 Å². The van der Waals surface area contributed by atoms with E-state index in [0.29, 0.717) is 0 Å². The van der Waals surface area contributed by atoms with Crippen LogP contribution in [0.4, 0.5) is 0 Å². The molecule has 0 unspecified atom stereocenters. The van der Waals surface area contributed by atoms with E-state index in [1.54, 1.807) is 0 Å². The predicted octanol–water partition coefficient (Wildman–Crippen LogP) is -1.28. The van der Waals surface area contributed by atoms with Crippen LogP contribution in [0.3, 0.4) is 0 Å². The molecule has 0 rings (SSSR count). The largest absolute Gasteiger partial charge is 0.425 e. The van der Waals surface area contributed by atoms with Crippen LogP contribution in [0.1, 0.15) is 0 Å². The van der Waals surface area contributed by atoms with Crippen molar-refractivity contribution < 1.29 is 58.4 Å². The Morgan fingerprint density at radius 1 is 0.737 bits per heavy atom. The topological polar surface area (TPSA) is 330 Å². The van der Waals surface area contributed by atoms with E-state index in [-0.39, 0.29) is 18.5 Å². The predicted molar refractivity (Wildman–Crippen MR) is 59.0 cm³/mol. The highest BCUT2D eigenvalue weighted by molar-refractivity contribution is 7.83. The highest BCUT2D eigenvalue weighted by atomic mass is 32.3. The molecule has 0 bridgehead atoms. The first kappa shape index (κ1) is 36.3. The first-order chi connectivity index (χ1) is 6.94. The summed E-state index contributed by atoms with van der Waals surface area (Å²) in [7, 11) is -10.0. The Morgan fingerprint density at radius 2 is 0.842 bits per heavy atom. The minimum absolute atomic E-state index is 0. The average Bonchev–Trinajstić information content (AvgIpc) is 2.01. The van der Waals surface area contributed by atoms with Gasteiger partial charge in [0.25, 0.3) is 11.4 Å². The van der Waals surface area contributed by atoms with Crippen LogP contribution in [0.15, 0.2) is 0 Å². The monoisotopic (exact) mass is 361 g/mol. The highest BCUT2D eigenvalue weighted by Crippen LogP contribution is 1.92. The Labute approximate surface area is 110 Å². The Bertz CT molecular complexity index is 330. The molecule has 0 heterocycles. The van der Waals surface area contributed by atoms with Crippen molar-refractivity contribution in [3.8, 4) is 0 Å². The van der Waals surface area contributed by atoms with Gasteiger partial charge in [-0.2, -0.15) is 21.0 Å². The molecule has 0 spiro atoms. The maximum absolute atomic E-state index is 9.51. The standard InChI is InChI=1S/3H3N.H2O8S2.H2O3S.H2O2/c;;;1-9(2,3)7-8-10(4,5)6;1-4(2)3;1-2/h3*1H3;(H,1,2,3)(H,4,5,6);(H2,1,2,3);1-2H. The number of hydrogen-bond donors (Lipinski definition) is 9.